The van der Waals surface area contributed by atoms with Crippen LogP contribution >= 0.6 is 0 Å². The fourth-order valence-corrected chi connectivity index (χ4v) is 2.62. The van der Waals surface area contributed by atoms with E-state index < -0.39 is 15.6 Å². The molecule has 0 spiro atoms. The number of anilines is 1. The highest BCUT2D eigenvalue weighted by molar-refractivity contribution is 7.91. The summed E-state index contributed by atoms with van der Waals surface area (Å²) < 4.78 is 48.1. The van der Waals surface area contributed by atoms with E-state index in [0.717, 1.165) is 12.8 Å². The Kier molecular flexibility index (Phi) is 4.36. The number of nitrogens with one attached hydrogen (secondary N) is 2. The zero-order valence-corrected chi connectivity index (χ0v) is 11.1. The van der Waals surface area contributed by atoms with Crippen molar-refractivity contribution in [3.8, 4) is 0 Å². The maximum atomic E-state index is 12.6. The summed E-state index contributed by atoms with van der Waals surface area (Å²) in [5, 5.41) is 6.13. The Bertz CT molecular complexity index is 530. The second kappa shape index (κ2) is 5.83. The zero-order chi connectivity index (χ0) is 13.9. The number of sulfone groups is 1. The molecule has 1 aliphatic rings. The summed E-state index contributed by atoms with van der Waals surface area (Å²) >= 11 is 0. The summed E-state index contributed by atoms with van der Waals surface area (Å²) in [6.45, 7) is 1.17. The van der Waals surface area contributed by atoms with Gasteiger partial charge in [0.25, 0.3) is 0 Å². The molecule has 0 saturated heterocycles. The van der Waals surface area contributed by atoms with Gasteiger partial charge >= 0.3 is 5.76 Å². The van der Waals surface area contributed by atoms with Crippen LogP contribution in [0.1, 0.15) is 12.8 Å². The molecule has 1 saturated carbocycles. The first-order valence-electron chi connectivity index (χ1n) is 6.10. The van der Waals surface area contributed by atoms with E-state index in [1.54, 1.807) is 6.07 Å². The average molecular weight is 290 g/mol. The Hall–Kier alpha value is -1.21. The minimum absolute atomic E-state index is 0.223. The van der Waals surface area contributed by atoms with Crippen LogP contribution in [-0.4, -0.2) is 33.3 Å². The summed E-state index contributed by atoms with van der Waals surface area (Å²) in [6.07, 6.45) is 2.33. The van der Waals surface area contributed by atoms with Gasteiger partial charge in [0.2, 0.25) is 9.84 Å². The maximum Gasteiger partial charge on any atom is 0.341 e. The third-order valence-corrected chi connectivity index (χ3v) is 4.32. The minimum atomic E-state index is -4.56. The maximum absolute atomic E-state index is 12.6. The molecule has 0 unspecified atom stereocenters. The van der Waals surface area contributed by atoms with Gasteiger partial charge in [-0.25, -0.2) is 8.42 Å². The van der Waals surface area contributed by atoms with Gasteiger partial charge in [-0.2, -0.15) is 8.78 Å². The van der Waals surface area contributed by atoms with Crippen molar-refractivity contribution < 1.29 is 17.2 Å². The summed E-state index contributed by atoms with van der Waals surface area (Å²) in [7, 11) is -4.56. The van der Waals surface area contributed by atoms with Crippen molar-refractivity contribution >= 4 is 15.5 Å². The lowest BCUT2D eigenvalue weighted by atomic mass is 10.3. The van der Waals surface area contributed by atoms with Gasteiger partial charge in [-0.05, 0) is 25.0 Å². The Morgan fingerprint density at radius 1 is 1.21 bits per heavy atom. The standard InChI is InChI=1S/C12H16F2N2O2S/c13-12(14)19(17,18)11-4-2-1-3-10(11)16-8-7-15-9-5-6-9/h1-4,9,12,15-16H,5-8H2. The van der Waals surface area contributed by atoms with E-state index in [1.807, 2.05) is 0 Å². The van der Waals surface area contributed by atoms with Gasteiger partial charge in [-0.15, -0.1) is 0 Å². The lowest BCUT2D eigenvalue weighted by Gasteiger charge is -2.12. The van der Waals surface area contributed by atoms with Gasteiger partial charge in [0.15, 0.2) is 0 Å². The summed E-state index contributed by atoms with van der Waals surface area (Å²) in [5.74, 6) is -3.40. The van der Waals surface area contributed by atoms with E-state index in [9.17, 15) is 17.2 Å². The van der Waals surface area contributed by atoms with Crippen LogP contribution in [0.5, 0.6) is 0 Å². The monoisotopic (exact) mass is 290 g/mol. The molecule has 2 N–H and O–H groups in total. The average Bonchev–Trinajstić information content (AvgIpc) is 3.19. The number of hydrogen-bond donors (Lipinski definition) is 2. The van der Waals surface area contributed by atoms with Crippen LogP contribution in [0.4, 0.5) is 14.5 Å². The molecule has 4 nitrogen and oxygen atoms in total. The zero-order valence-electron chi connectivity index (χ0n) is 10.3. The molecule has 106 valence electrons. The third-order valence-electron chi connectivity index (χ3n) is 2.88. The van der Waals surface area contributed by atoms with Crippen LogP contribution in [0.2, 0.25) is 0 Å². The van der Waals surface area contributed by atoms with Gasteiger partial charge in [0.1, 0.15) is 0 Å². The smallest absolute Gasteiger partial charge is 0.341 e. The molecular weight excluding hydrogens is 274 g/mol. The predicted molar refractivity (Wildman–Crippen MR) is 69.1 cm³/mol. The van der Waals surface area contributed by atoms with Crippen molar-refractivity contribution in [2.24, 2.45) is 0 Å². The fraction of sp³-hybridized carbons (Fsp3) is 0.500. The Morgan fingerprint density at radius 3 is 2.53 bits per heavy atom. The van der Waals surface area contributed by atoms with E-state index >= 15 is 0 Å². The molecular formula is C12H16F2N2O2S. The van der Waals surface area contributed by atoms with Gasteiger partial charge in [0.05, 0.1) is 10.6 Å². The van der Waals surface area contributed by atoms with Crippen LogP contribution in [0, 0.1) is 0 Å². The molecule has 0 aliphatic heterocycles. The second-order valence-electron chi connectivity index (χ2n) is 4.46. The molecule has 1 aromatic rings. The number of hydrogen-bond acceptors (Lipinski definition) is 4. The number of alkyl halides is 2. The topological polar surface area (TPSA) is 58.2 Å². The highest BCUT2D eigenvalue weighted by Gasteiger charge is 2.28. The molecule has 1 aliphatic carbocycles. The van der Waals surface area contributed by atoms with Gasteiger partial charge < -0.3 is 10.6 Å². The third kappa shape index (κ3) is 3.63. The summed E-state index contributed by atoms with van der Waals surface area (Å²) in [5.41, 5.74) is 0.223. The Balaban J connectivity index is 2.03. The van der Waals surface area contributed by atoms with Crippen LogP contribution in [0.15, 0.2) is 29.2 Å². The molecule has 0 atom stereocenters. The van der Waals surface area contributed by atoms with E-state index in [4.69, 9.17) is 0 Å². The highest BCUT2D eigenvalue weighted by Crippen LogP contribution is 2.25. The largest absolute Gasteiger partial charge is 0.383 e. The SMILES string of the molecule is O=S(=O)(c1ccccc1NCCNC1CC1)C(F)F. The van der Waals surface area contributed by atoms with Gasteiger partial charge in [-0.1, -0.05) is 12.1 Å². The van der Waals surface area contributed by atoms with E-state index in [2.05, 4.69) is 10.6 Å². The molecule has 0 bridgehead atoms. The van der Waals surface area contributed by atoms with Crippen LogP contribution in [-0.2, 0) is 9.84 Å². The Labute approximate surface area is 111 Å². The minimum Gasteiger partial charge on any atom is -0.383 e. The van der Waals surface area contributed by atoms with Crippen molar-refractivity contribution in [2.45, 2.75) is 29.5 Å². The number of halogens is 2. The van der Waals surface area contributed by atoms with Crippen molar-refractivity contribution in [2.75, 3.05) is 18.4 Å². The van der Waals surface area contributed by atoms with E-state index in [1.165, 1.54) is 18.2 Å². The molecule has 0 radical (unpaired) electrons. The predicted octanol–water partition coefficient (Wildman–Crippen LogP) is 1.85. The summed E-state index contributed by atoms with van der Waals surface area (Å²) in [6, 6.07) is 6.29. The van der Waals surface area contributed by atoms with Crippen LogP contribution in [0.3, 0.4) is 0 Å². The first-order valence-corrected chi connectivity index (χ1v) is 7.65. The first-order chi connectivity index (χ1) is 9.01. The van der Waals surface area contributed by atoms with Crippen molar-refractivity contribution in [3.05, 3.63) is 24.3 Å². The van der Waals surface area contributed by atoms with Gasteiger partial charge in [0, 0.05) is 19.1 Å². The number of rotatable bonds is 7. The quantitative estimate of drug-likeness (QED) is 0.752. The number of para-hydroxylation sites is 1. The number of benzene rings is 1. The summed E-state index contributed by atoms with van der Waals surface area (Å²) in [4.78, 5) is -0.351. The molecule has 1 fully saturated rings. The van der Waals surface area contributed by atoms with Crippen molar-refractivity contribution in [1.82, 2.24) is 5.32 Å². The molecule has 7 heteroatoms. The lowest BCUT2D eigenvalue weighted by Crippen LogP contribution is -2.24. The molecule has 0 heterocycles. The van der Waals surface area contributed by atoms with Crippen molar-refractivity contribution in [1.29, 1.82) is 0 Å². The molecule has 1 aromatic carbocycles. The normalized spacial score (nSPS) is 15.7. The van der Waals surface area contributed by atoms with E-state index in [-0.39, 0.29) is 10.6 Å². The molecule has 0 amide bonds. The second-order valence-corrected chi connectivity index (χ2v) is 6.34. The lowest BCUT2D eigenvalue weighted by molar-refractivity contribution is 0.235. The van der Waals surface area contributed by atoms with Gasteiger partial charge in [-0.3, -0.25) is 0 Å². The molecule has 19 heavy (non-hydrogen) atoms. The van der Waals surface area contributed by atoms with Crippen molar-refractivity contribution in [3.63, 3.8) is 0 Å². The highest BCUT2D eigenvalue weighted by atomic mass is 32.2. The Morgan fingerprint density at radius 2 is 1.89 bits per heavy atom. The van der Waals surface area contributed by atoms with Crippen LogP contribution < -0.4 is 10.6 Å². The van der Waals surface area contributed by atoms with E-state index in [0.29, 0.717) is 19.1 Å². The first kappa shape index (κ1) is 14.2. The molecule has 2 rings (SSSR count). The van der Waals surface area contributed by atoms with Crippen LogP contribution in [0.25, 0.3) is 0 Å². The fourth-order valence-electron chi connectivity index (χ4n) is 1.72. The molecule has 0 aromatic heterocycles.